The van der Waals surface area contributed by atoms with Crippen LogP contribution in [-0.4, -0.2) is 24.7 Å². The first-order valence-electron chi connectivity index (χ1n) is 7.91. The van der Waals surface area contributed by atoms with E-state index >= 15 is 0 Å². The lowest BCUT2D eigenvalue weighted by molar-refractivity contribution is -0.919. The van der Waals surface area contributed by atoms with Crippen LogP contribution in [0.1, 0.15) is 24.6 Å². The lowest BCUT2D eigenvalue weighted by Crippen LogP contribution is -3.11. The molecule has 0 saturated carbocycles. The summed E-state index contributed by atoms with van der Waals surface area (Å²) in [7, 11) is 0. The fraction of sp³-hybridized carbons (Fsp3) is 0.353. The van der Waals surface area contributed by atoms with Crippen LogP contribution in [0.4, 0.5) is 10.1 Å². The van der Waals surface area contributed by atoms with Crippen molar-refractivity contribution in [3.63, 3.8) is 0 Å². The molecule has 1 saturated heterocycles. The summed E-state index contributed by atoms with van der Waals surface area (Å²) >= 11 is 5.34. The summed E-state index contributed by atoms with van der Waals surface area (Å²) in [4.78, 5) is 1.53. The van der Waals surface area contributed by atoms with Crippen molar-refractivity contribution in [1.82, 2.24) is 5.32 Å². The van der Waals surface area contributed by atoms with Crippen LogP contribution in [0.5, 0.6) is 0 Å². The first-order valence-corrected chi connectivity index (χ1v) is 8.31. The highest BCUT2D eigenvalue weighted by Gasteiger charge is 2.29. The van der Waals surface area contributed by atoms with E-state index in [-0.39, 0.29) is 11.9 Å². The van der Waals surface area contributed by atoms with Crippen LogP contribution in [0.3, 0.4) is 0 Å². The van der Waals surface area contributed by atoms with Gasteiger partial charge in [0.2, 0.25) is 0 Å². The Hall–Kier alpha value is -1.92. The van der Waals surface area contributed by atoms with Gasteiger partial charge < -0.3 is 20.0 Å². The van der Waals surface area contributed by atoms with E-state index in [9.17, 15) is 4.39 Å². The van der Waals surface area contributed by atoms with Crippen LogP contribution in [-0.2, 0) is 0 Å². The molecule has 23 heavy (non-hydrogen) atoms. The van der Waals surface area contributed by atoms with E-state index in [1.54, 1.807) is 18.4 Å². The SMILES string of the molecule is Fc1ccc(NC(=S)NC[C@@H](c2ccco2)[NH+]2CCCC2)cc1. The fourth-order valence-electron chi connectivity index (χ4n) is 3.02. The van der Waals surface area contributed by atoms with Gasteiger partial charge in [-0.1, -0.05) is 0 Å². The zero-order chi connectivity index (χ0) is 16.1. The normalized spacial score (nSPS) is 16.2. The highest BCUT2D eigenvalue weighted by atomic mass is 32.1. The molecule has 2 heterocycles. The molecule has 4 nitrogen and oxygen atoms in total. The van der Waals surface area contributed by atoms with Crippen LogP contribution >= 0.6 is 12.2 Å². The summed E-state index contributed by atoms with van der Waals surface area (Å²) in [6.07, 6.45) is 4.22. The summed E-state index contributed by atoms with van der Waals surface area (Å²) in [6.45, 7) is 3.02. The molecule has 6 heteroatoms. The number of halogens is 1. The largest absolute Gasteiger partial charge is 0.463 e. The Bertz CT molecular complexity index is 624. The van der Waals surface area contributed by atoms with E-state index in [0.29, 0.717) is 11.7 Å². The number of benzene rings is 1. The highest BCUT2D eigenvalue weighted by Crippen LogP contribution is 2.12. The van der Waals surface area contributed by atoms with Gasteiger partial charge in [-0.2, -0.15) is 0 Å². The second-order valence-electron chi connectivity index (χ2n) is 5.78. The van der Waals surface area contributed by atoms with E-state index in [1.807, 2.05) is 12.1 Å². The van der Waals surface area contributed by atoms with Crippen LogP contribution < -0.4 is 15.5 Å². The lowest BCUT2D eigenvalue weighted by Gasteiger charge is -2.23. The first-order chi connectivity index (χ1) is 11.2. The van der Waals surface area contributed by atoms with Gasteiger partial charge >= 0.3 is 0 Å². The number of nitrogens with one attached hydrogen (secondary N) is 3. The van der Waals surface area contributed by atoms with Gasteiger partial charge in [0.15, 0.2) is 16.9 Å². The molecule has 1 aromatic carbocycles. The molecule has 1 aromatic heterocycles. The van der Waals surface area contributed by atoms with Crippen molar-refractivity contribution in [3.8, 4) is 0 Å². The van der Waals surface area contributed by atoms with E-state index in [0.717, 1.165) is 24.5 Å². The standard InChI is InChI=1S/C17H20FN3OS/c18-13-5-7-14(8-6-13)20-17(23)19-12-15(16-4-3-11-22-16)21-9-1-2-10-21/h3-8,11,15H,1-2,9-10,12H2,(H2,19,20,23)/p+1/t15-/m0/s1. The van der Waals surface area contributed by atoms with Gasteiger partial charge in [0, 0.05) is 18.5 Å². The second kappa shape index (κ2) is 7.57. The van der Waals surface area contributed by atoms with Gasteiger partial charge in [-0.15, -0.1) is 0 Å². The summed E-state index contributed by atoms with van der Waals surface area (Å²) in [5, 5.41) is 6.86. The molecule has 1 aliphatic heterocycles. The molecule has 0 amide bonds. The quantitative estimate of drug-likeness (QED) is 0.733. The zero-order valence-corrected chi connectivity index (χ0v) is 13.7. The Morgan fingerprint density at radius 2 is 1.96 bits per heavy atom. The third-order valence-corrected chi connectivity index (χ3v) is 4.44. The second-order valence-corrected chi connectivity index (χ2v) is 6.18. The maximum absolute atomic E-state index is 12.9. The molecule has 0 spiro atoms. The van der Waals surface area contributed by atoms with E-state index in [1.165, 1.54) is 29.9 Å². The van der Waals surface area contributed by atoms with Crippen molar-refractivity contribution in [2.24, 2.45) is 0 Å². The van der Waals surface area contributed by atoms with Crippen LogP contribution in [0.15, 0.2) is 47.1 Å². The number of hydrogen-bond donors (Lipinski definition) is 3. The van der Waals surface area contributed by atoms with Gasteiger partial charge in [-0.3, -0.25) is 0 Å². The van der Waals surface area contributed by atoms with Gasteiger partial charge in [-0.25, -0.2) is 4.39 Å². The average molecular weight is 334 g/mol. The number of anilines is 1. The maximum atomic E-state index is 12.9. The van der Waals surface area contributed by atoms with Crippen molar-refractivity contribution in [3.05, 3.63) is 54.2 Å². The van der Waals surface area contributed by atoms with Gasteiger partial charge in [0.25, 0.3) is 0 Å². The molecule has 122 valence electrons. The average Bonchev–Trinajstić information content (AvgIpc) is 3.24. The number of hydrogen-bond acceptors (Lipinski definition) is 2. The molecule has 2 aromatic rings. The minimum absolute atomic E-state index is 0.250. The van der Waals surface area contributed by atoms with Gasteiger partial charge in [0.05, 0.1) is 25.9 Å². The molecule has 0 bridgehead atoms. The number of thiocarbonyl (C=S) groups is 1. The van der Waals surface area contributed by atoms with E-state index in [2.05, 4.69) is 10.6 Å². The Kier molecular flexibility index (Phi) is 5.25. The third kappa shape index (κ3) is 4.30. The molecular weight excluding hydrogens is 313 g/mol. The van der Waals surface area contributed by atoms with Crippen molar-refractivity contribution < 1.29 is 13.7 Å². The van der Waals surface area contributed by atoms with Crippen molar-refractivity contribution >= 4 is 23.0 Å². The molecule has 1 aliphatic rings. The molecule has 3 N–H and O–H groups in total. The van der Waals surface area contributed by atoms with Crippen LogP contribution in [0.2, 0.25) is 0 Å². The Balaban J connectivity index is 1.57. The molecule has 1 fully saturated rings. The van der Waals surface area contributed by atoms with E-state index < -0.39 is 0 Å². The van der Waals surface area contributed by atoms with Crippen LogP contribution in [0.25, 0.3) is 0 Å². The van der Waals surface area contributed by atoms with E-state index in [4.69, 9.17) is 16.6 Å². The minimum Gasteiger partial charge on any atom is -0.463 e. The summed E-state index contributed by atoms with van der Waals surface area (Å²) in [5.74, 6) is 0.726. The predicted octanol–water partition coefficient (Wildman–Crippen LogP) is 2.13. The smallest absolute Gasteiger partial charge is 0.171 e. The lowest BCUT2D eigenvalue weighted by atomic mass is 10.2. The van der Waals surface area contributed by atoms with Gasteiger partial charge in [-0.05, 0) is 48.6 Å². The molecule has 3 rings (SSSR count). The monoisotopic (exact) mass is 334 g/mol. The number of likely N-dealkylation sites (tertiary alicyclic amines) is 1. The molecule has 0 radical (unpaired) electrons. The molecule has 0 aliphatic carbocycles. The summed E-state index contributed by atoms with van der Waals surface area (Å²) in [6, 6.07) is 10.3. The van der Waals surface area contributed by atoms with Crippen LogP contribution in [0, 0.1) is 5.82 Å². The first kappa shape index (κ1) is 16.0. The fourth-order valence-corrected chi connectivity index (χ4v) is 3.22. The summed E-state index contributed by atoms with van der Waals surface area (Å²) in [5.41, 5.74) is 0.770. The van der Waals surface area contributed by atoms with Gasteiger partial charge in [0.1, 0.15) is 5.82 Å². The highest BCUT2D eigenvalue weighted by molar-refractivity contribution is 7.80. The Morgan fingerprint density at radius 3 is 2.61 bits per heavy atom. The Morgan fingerprint density at radius 1 is 1.22 bits per heavy atom. The number of rotatable bonds is 5. The third-order valence-electron chi connectivity index (χ3n) is 4.19. The molecular formula is C17H21FN3OS+. The molecule has 1 atom stereocenters. The topological polar surface area (TPSA) is 41.6 Å². The van der Waals surface area contributed by atoms with Crippen molar-refractivity contribution in [2.45, 2.75) is 18.9 Å². The Labute approximate surface area is 140 Å². The number of furan rings is 1. The summed E-state index contributed by atoms with van der Waals surface area (Å²) < 4.78 is 18.5. The minimum atomic E-state index is -0.259. The predicted molar refractivity (Wildman–Crippen MR) is 92.0 cm³/mol. The van der Waals surface area contributed by atoms with Crippen molar-refractivity contribution in [2.75, 3.05) is 25.0 Å². The maximum Gasteiger partial charge on any atom is 0.171 e. The van der Waals surface area contributed by atoms with Crippen molar-refractivity contribution in [1.29, 1.82) is 0 Å². The zero-order valence-electron chi connectivity index (χ0n) is 12.8. The number of quaternary nitrogens is 1. The molecule has 0 unspecified atom stereocenters.